The lowest BCUT2D eigenvalue weighted by molar-refractivity contribution is -0.140. The Labute approximate surface area is 179 Å². The highest BCUT2D eigenvalue weighted by atomic mass is 16.5. The third-order valence-corrected chi connectivity index (χ3v) is 5.87. The molecule has 0 aliphatic carbocycles. The predicted molar refractivity (Wildman–Crippen MR) is 113 cm³/mol. The van der Waals surface area contributed by atoms with E-state index in [4.69, 9.17) is 9.26 Å². The van der Waals surface area contributed by atoms with Crippen molar-refractivity contribution in [3.05, 3.63) is 60.5 Å². The van der Waals surface area contributed by atoms with Gasteiger partial charge in [0.05, 0.1) is 24.5 Å². The van der Waals surface area contributed by atoms with Gasteiger partial charge in [0.2, 0.25) is 23.5 Å². The Hall–Kier alpha value is -3.68. The van der Waals surface area contributed by atoms with Gasteiger partial charge in [-0.05, 0) is 24.3 Å². The summed E-state index contributed by atoms with van der Waals surface area (Å²) in [6.45, 7) is 1.45. The highest BCUT2D eigenvalue weighted by molar-refractivity contribution is 6.00. The van der Waals surface area contributed by atoms with E-state index in [0.717, 1.165) is 11.3 Å². The summed E-state index contributed by atoms with van der Waals surface area (Å²) in [7, 11) is 1.60. The van der Waals surface area contributed by atoms with E-state index in [0.29, 0.717) is 37.1 Å². The Morgan fingerprint density at radius 3 is 2.58 bits per heavy atom. The molecule has 2 aliphatic heterocycles. The Kier molecular flexibility index (Phi) is 4.89. The number of anilines is 1. The SMILES string of the molecule is COc1ccccc1-c1noc(C2CN(C(=O)C3CC(=O)N(c4ccccc4)C3)C2)n1. The number of rotatable bonds is 5. The first kappa shape index (κ1) is 19.3. The quantitative estimate of drug-likeness (QED) is 0.633. The molecule has 1 unspecified atom stereocenters. The van der Waals surface area contributed by atoms with Crippen molar-refractivity contribution in [3.8, 4) is 17.1 Å². The number of benzene rings is 2. The summed E-state index contributed by atoms with van der Waals surface area (Å²) in [5.74, 6) is 1.33. The molecule has 8 heteroatoms. The van der Waals surface area contributed by atoms with E-state index >= 15 is 0 Å². The minimum Gasteiger partial charge on any atom is -0.496 e. The van der Waals surface area contributed by atoms with Crippen LogP contribution in [0, 0.1) is 5.92 Å². The number of likely N-dealkylation sites (tertiary alicyclic amines) is 1. The maximum atomic E-state index is 12.9. The number of carbonyl (C=O) groups excluding carboxylic acids is 2. The van der Waals surface area contributed by atoms with E-state index in [1.54, 1.807) is 16.9 Å². The predicted octanol–water partition coefficient (Wildman–Crippen LogP) is 2.72. The van der Waals surface area contributed by atoms with Gasteiger partial charge in [0.1, 0.15) is 5.75 Å². The Morgan fingerprint density at radius 2 is 1.81 bits per heavy atom. The van der Waals surface area contributed by atoms with E-state index < -0.39 is 0 Å². The molecule has 1 aromatic heterocycles. The summed E-state index contributed by atoms with van der Waals surface area (Å²) in [4.78, 5) is 33.3. The molecule has 3 aromatic rings. The molecule has 8 nitrogen and oxygen atoms in total. The Morgan fingerprint density at radius 1 is 1.06 bits per heavy atom. The number of aromatic nitrogens is 2. The van der Waals surface area contributed by atoms with Crippen LogP contribution in [0.4, 0.5) is 5.69 Å². The van der Waals surface area contributed by atoms with Crippen molar-refractivity contribution in [1.82, 2.24) is 15.0 Å². The minimum atomic E-state index is -0.319. The number of carbonyl (C=O) groups is 2. The Balaban J connectivity index is 1.21. The van der Waals surface area contributed by atoms with Crippen LogP contribution in [0.3, 0.4) is 0 Å². The van der Waals surface area contributed by atoms with Crippen molar-refractivity contribution in [2.75, 3.05) is 31.6 Å². The van der Waals surface area contributed by atoms with Gasteiger partial charge in [0.25, 0.3) is 0 Å². The average Bonchev–Trinajstić information content (AvgIpc) is 3.40. The topological polar surface area (TPSA) is 88.8 Å². The lowest BCUT2D eigenvalue weighted by Crippen LogP contribution is -2.51. The third-order valence-electron chi connectivity index (χ3n) is 5.87. The van der Waals surface area contributed by atoms with Crippen LogP contribution in [0.1, 0.15) is 18.2 Å². The first-order valence-electron chi connectivity index (χ1n) is 10.2. The second-order valence-electron chi connectivity index (χ2n) is 7.84. The van der Waals surface area contributed by atoms with Gasteiger partial charge in [0.15, 0.2) is 0 Å². The van der Waals surface area contributed by atoms with Gasteiger partial charge >= 0.3 is 0 Å². The molecule has 158 valence electrons. The largest absolute Gasteiger partial charge is 0.496 e. The van der Waals surface area contributed by atoms with Crippen molar-refractivity contribution in [2.45, 2.75) is 12.3 Å². The number of para-hydroxylation sites is 2. The van der Waals surface area contributed by atoms with E-state index in [1.807, 2.05) is 54.6 Å². The number of hydrogen-bond acceptors (Lipinski definition) is 6. The molecule has 2 aromatic carbocycles. The van der Waals surface area contributed by atoms with Crippen LogP contribution < -0.4 is 9.64 Å². The minimum absolute atomic E-state index is 0.00207. The molecule has 3 heterocycles. The van der Waals surface area contributed by atoms with Crippen LogP contribution in [0.25, 0.3) is 11.4 Å². The molecule has 5 rings (SSSR count). The monoisotopic (exact) mass is 418 g/mol. The second-order valence-corrected chi connectivity index (χ2v) is 7.84. The fourth-order valence-electron chi connectivity index (χ4n) is 4.14. The van der Waals surface area contributed by atoms with Crippen molar-refractivity contribution in [1.29, 1.82) is 0 Å². The lowest BCUT2D eigenvalue weighted by Gasteiger charge is -2.38. The van der Waals surface area contributed by atoms with E-state index in [2.05, 4.69) is 10.1 Å². The van der Waals surface area contributed by atoms with Crippen LogP contribution in [-0.4, -0.2) is 53.6 Å². The van der Waals surface area contributed by atoms with Gasteiger partial charge in [-0.3, -0.25) is 9.59 Å². The smallest absolute Gasteiger partial charge is 0.233 e. The third kappa shape index (κ3) is 3.54. The van der Waals surface area contributed by atoms with Crippen molar-refractivity contribution >= 4 is 17.5 Å². The average molecular weight is 418 g/mol. The summed E-state index contributed by atoms with van der Waals surface area (Å²) in [5, 5.41) is 4.08. The summed E-state index contributed by atoms with van der Waals surface area (Å²) < 4.78 is 10.8. The standard InChI is InChI=1S/C23H22N4O4/c1-30-19-10-6-5-9-18(19)21-24-22(31-25-21)16-12-26(13-16)23(29)15-11-20(28)27(14-15)17-7-3-2-4-8-17/h2-10,15-16H,11-14H2,1H3. The van der Waals surface area contributed by atoms with E-state index in [1.165, 1.54) is 0 Å². The highest BCUT2D eigenvalue weighted by Crippen LogP contribution is 2.33. The first-order valence-corrected chi connectivity index (χ1v) is 10.2. The highest BCUT2D eigenvalue weighted by Gasteiger charge is 2.42. The van der Waals surface area contributed by atoms with Crippen LogP contribution in [0.2, 0.25) is 0 Å². The van der Waals surface area contributed by atoms with E-state index in [9.17, 15) is 9.59 Å². The van der Waals surface area contributed by atoms with Gasteiger partial charge in [-0.25, -0.2) is 0 Å². The van der Waals surface area contributed by atoms with Crippen LogP contribution >= 0.6 is 0 Å². The zero-order valence-electron chi connectivity index (χ0n) is 17.1. The molecule has 2 amide bonds. The number of hydrogen-bond donors (Lipinski definition) is 0. The first-order chi connectivity index (χ1) is 15.1. The molecule has 0 radical (unpaired) electrons. The van der Waals surface area contributed by atoms with Crippen LogP contribution in [0.15, 0.2) is 59.1 Å². The number of methoxy groups -OCH3 is 1. The van der Waals surface area contributed by atoms with Crippen LogP contribution in [-0.2, 0) is 9.59 Å². The van der Waals surface area contributed by atoms with E-state index in [-0.39, 0.29) is 30.1 Å². The van der Waals surface area contributed by atoms with Gasteiger partial charge in [-0.2, -0.15) is 4.98 Å². The molecule has 0 saturated carbocycles. The number of amides is 2. The molecular weight excluding hydrogens is 396 g/mol. The number of nitrogens with zero attached hydrogens (tertiary/aromatic N) is 4. The molecule has 1 atom stereocenters. The maximum absolute atomic E-state index is 12.9. The second kappa shape index (κ2) is 7.86. The van der Waals surface area contributed by atoms with Gasteiger partial charge in [-0.15, -0.1) is 0 Å². The summed E-state index contributed by atoms with van der Waals surface area (Å²) in [5.41, 5.74) is 1.59. The van der Waals surface area contributed by atoms with Crippen molar-refractivity contribution in [2.24, 2.45) is 5.92 Å². The maximum Gasteiger partial charge on any atom is 0.233 e. The fourth-order valence-corrected chi connectivity index (χ4v) is 4.14. The summed E-state index contributed by atoms with van der Waals surface area (Å²) in [6.07, 6.45) is 0.243. The summed E-state index contributed by atoms with van der Waals surface area (Å²) >= 11 is 0. The molecule has 2 fully saturated rings. The molecule has 0 spiro atoms. The van der Waals surface area contributed by atoms with Gasteiger partial charge < -0.3 is 19.1 Å². The molecule has 0 N–H and O–H groups in total. The molecule has 2 saturated heterocycles. The Bertz CT molecular complexity index is 1110. The van der Waals surface area contributed by atoms with Gasteiger partial charge in [-0.1, -0.05) is 35.5 Å². The van der Waals surface area contributed by atoms with Gasteiger partial charge in [0, 0.05) is 31.7 Å². The zero-order chi connectivity index (χ0) is 21.4. The molecule has 31 heavy (non-hydrogen) atoms. The molecule has 2 aliphatic rings. The van der Waals surface area contributed by atoms with Crippen molar-refractivity contribution in [3.63, 3.8) is 0 Å². The fraction of sp³-hybridized carbons (Fsp3) is 0.304. The molecular formula is C23H22N4O4. The van der Waals surface area contributed by atoms with Crippen LogP contribution in [0.5, 0.6) is 5.75 Å². The number of ether oxygens (including phenoxy) is 1. The van der Waals surface area contributed by atoms with Crippen molar-refractivity contribution < 1.29 is 18.8 Å². The lowest BCUT2D eigenvalue weighted by atomic mass is 9.96. The zero-order valence-corrected chi connectivity index (χ0v) is 17.1. The molecule has 0 bridgehead atoms. The summed E-state index contributed by atoms with van der Waals surface area (Å²) in [6, 6.07) is 17.0. The normalized spacial score (nSPS) is 18.9.